The largest absolute Gasteiger partial charge is 0.497 e. The van der Waals surface area contributed by atoms with Gasteiger partial charge >= 0.3 is 0 Å². The van der Waals surface area contributed by atoms with Crippen LogP contribution in [0.3, 0.4) is 0 Å². The van der Waals surface area contributed by atoms with Gasteiger partial charge in [0.15, 0.2) is 0 Å². The highest BCUT2D eigenvalue weighted by Gasteiger charge is 2.34. The molecule has 12 heteroatoms. The summed E-state index contributed by atoms with van der Waals surface area (Å²) in [6, 6.07) is 17.5. The van der Waals surface area contributed by atoms with Crippen molar-refractivity contribution in [2.75, 3.05) is 31.3 Å². The molecule has 0 aliphatic heterocycles. The summed E-state index contributed by atoms with van der Waals surface area (Å²) in [5.41, 5.74) is 1.37. The first-order chi connectivity index (χ1) is 19.8. The van der Waals surface area contributed by atoms with Crippen LogP contribution in [0.15, 0.2) is 66.7 Å². The Balaban J connectivity index is 2.14. The Morgan fingerprint density at radius 1 is 0.929 bits per heavy atom. The Morgan fingerprint density at radius 3 is 2.12 bits per heavy atom. The molecule has 0 aromatic heterocycles. The lowest BCUT2D eigenvalue weighted by atomic mass is 10.0. The molecule has 0 saturated carbocycles. The second-order valence-electron chi connectivity index (χ2n) is 9.90. The minimum absolute atomic E-state index is 0.135. The van der Waals surface area contributed by atoms with Gasteiger partial charge in [-0.15, -0.1) is 0 Å². The number of nitrogens with zero attached hydrogens (tertiary/aromatic N) is 2. The Kier molecular flexibility index (Phi) is 11.5. The van der Waals surface area contributed by atoms with Crippen LogP contribution in [0.4, 0.5) is 5.69 Å². The lowest BCUT2D eigenvalue weighted by Crippen LogP contribution is -2.54. The number of nitrogens with one attached hydrogen (secondary N) is 1. The van der Waals surface area contributed by atoms with Crippen molar-refractivity contribution in [1.82, 2.24) is 10.2 Å². The smallest absolute Gasteiger partial charge is 0.244 e. The van der Waals surface area contributed by atoms with Gasteiger partial charge in [0, 0.05) is 40.7 Å². The summed E-state index contributed by atoms with van der Waals surface area (Å²) >= 11 is 13.0. The van der Waals surface area contributed by atoms with Gasteiger partial charge in [-0.25, -0.2) is 8.42 Å². The zero-order valence-corrected chi connectivity index (χ0v) is 26.5. The third-order valence-corrected chi connectivity index (χ3v) is 8.26. The van der Waals surface area contributed by atoms with Crippen LogP contribution in [0, 0.1) is 0 Å². The van der Waals surface area contributed by atoms with E-state index in [2.05, 4.69) is 5.32 Å². The van der Waals surface area contributed by atoms with Crippen molar-refractivity contribution >= 4 is 50.7 Å². The van der Waals surface area contributed by atoms with Crippen LogP contribution in [0.1, 0.15) is 25.0 Å². The van der Waals surface area contributed by atoms with E-state index in [-0.39, 0.29) is 30.4 Å². The van der Waals surface area contributed by atoms with Gasteiger partial charge in [0.2, 0.25) is 21.8 Å². The number of rotatable bonds is 13. The first kappa shape index (κ1) is 33.0. The van der Waals surface area contributed by atoms with Crippen LogP contribution in [0.5, 0.6) is 11.5 Å². The predicted octanol–water partition coefficient (Wildman–Crippen LogP) is 4.94. The number of hydrogen-bond donors (Lipinski definition) is 1. The summed E-state index contributed by atoms with van der Waals surface area (Å²) in [5.74, 6) is -0.419. The number of benzene rings is 3. The first-order valence-electron chi connectivity index (χ1n) is 13.1. The van der Waals surface area contributed by atoms with Crippen molar-refractivity contribution in [1.29, 1.82) is 0 Å². The number of carbonyl (C=O) groups is 2. The summed E-state index contributed by atoms with van der Waals surface area (Å²) in [4.78, 5) is 29.2. The summed E-state index contributed by atoms with van der Waals surface area (Å²) in [7, 11) is -1.14. The standard InChI is InChI=1S/C30H35Cl2N3O6S/c1-20(2)33-30(37)27(16-21-10-7-6-8-11-21)34(18-23-24(31)12-9-13-25(23)32)29(36)19-35(42(5,38)39)26-15-14-22(40-3)17-28(26)41-4/h6-15,17,20,27H,16,18-19H2,1-5H3,(H,33,37)/t27-/m1/s1. The molecule has 3 aromatic rings. The molecule has 0 radical (unpaired) electrons. The van der Waals surface area contributed by atoms with Crippen molar-refractivity contribution in [2.24, 2.45) is 0 Å². The summed E-state index contributed by atoms with van der Waals surface area (Å²) in [6.45, 7) is 2.87. The Morgan fingerprint density at radius 2 is 1.57 bits per heavy atom. The molecule has 0 fully saturated rings. The van der Waals surface area contributed by atoms with Gasteiger partial charge in [-0.1, -0.05) is 59.6 Å². The molecule has 0 saturated heterocycles. The molecule has 3 aromatic carbocycles. The maximum Gasteiger partial charge on any atom is 0.244 e. The minimum atomic E-state index is -4.00. The minimum Gasteiger partial charge on any atom is -0.497 e. The zero-order valence-electron chi connectivity index (χ0n) is 24.1. The molecule has 2 amide bonds. The average molecular weight is 637 g/mol. The number of carbonyl (C=O) groups excluding carboxylic acids is 2. The monoisotopic (exact) mass is 635 g/mol. The quantitative estimate of drug-likeness (QED) is 0.285. The fourth-order valence-corrected chi connectivity index (χ4v) is 5.74. The fraction of sp³-hybridized carbons (Fsp3) is 0.333. The number of methoxy groups -OCH3 is 2. The maximum atomic E-state index is 14.2. The molecule has 0 aliphatic rings. The lowest BCUT2D eigenvalue weighted by molar-refractivity contribution is -0.140. The number of hydrogen-bond acceptors (Lipinski definition) is 6. The van der Waals surface area contributed by atoms with Crippen molar-refractivity contribution in [3.05, 3.63) is 87.9 Å². The fourth-order valence-electron chi connectivity index (χ4n) is 4.37. The van der Waals surface area contributed by atoms with Crippen molar-refractivity contribution in [3.8, 4) is 11.5 Å². The van der Waals surface area contributed by atoms with E-state index < -0.39 is 34.4 Å². The molecule has 0 aliphatic carbocycles. The molecule has 1 N–H and O–H groups in total. The third kappa shape index (κ3) is 8.53. The zero-order chi connectivity index (χ0) is 31.0. The molecule has 1 atom stereocenters. The number of sulfonamides is 1. The highest BCUT2D eigenvalue weighted by atomic mass is 35.5. The molecule has 226 valence electrons. The molecular formula is C30H35Cl2N3O6S. The van der Waals surface area contributed by atoms with Gasteiger partial charge in [0.05, 0.1) is 26.2 Å². The topological polar surface area (TPSA) is 105 Å². The van der Waals surface area contributed by atoms with E-state index >= 15 is 0 Å². The van der Waals surface area contributed by atoms with Gasteiger partial charge in [0.1, 0.15) is 24.1 Å². The van der Waals surface area contributed by atoms with Crippen LogP contribution >= 0.6 is 23.2 Å². The Bertz CT molecular complexity index is 1480. The third-order valence-electron chi connectivity index (χ3n) is 6.43. The van der Waals surface area contributed by atoms with Gasteiger partial charge < -0.3 is 19.7 Å². The first-order valence-corrected chi connectivity index (χ1v) is 15.7. The van der Waals surface area contributed by atoms with Crippen LogP contribution in [-0.4, -0.2) is 64.2 Å². The molecule has 0 bridgehead atoms. The van der Waals surface area contributed by atoms with E-state index in [1.807, 2.05) is 44.2 Å². The summed E-state index contributed by atoms with van der Waals surface area (Å²) in [5, 5.41) is 3.51. The molecule has 42 heavy (non-hydrogen) atoms. The van der Waals surface area contributed by atoms with Gasteiger partial charge in [0.25, 0.3) is 0 Å². The number of ether oxygens (including phenoxy) is 2. The van der Waals surface area contributed by atoms with E-state index in [1.54, 1.807) is 24.3 Å². The predicted molar refractivity (Wildman–Crippen MR) is 166 cm³/mol. The average Bonchev–Trinajstić information content (AvgIpc) is 2.94. The van der Waals surface area contributed by atoms with Crippen LogP contribution < -0.4 is 19.1 Å². The van der Waals surface area contributed by atoms with E-state index in [0.717, 1.165) is 16.1 Å². The van der Waals surface area contributed by atoms with Gasteiger partial charge in [-0.2, -0.15) is 0 Å². The SMILES string of the molecule is COc1ccc(N(CC(=O)N(Cc2c(Cl)cccc2Cl)[C@H](Cc2ccccc2)C(=O)NC(C)C)S(C)(=O)=O)c(OC)c1. The van der Waals surface area contributed by atoms with E-state index in [9.17, 15) is 18.0 Å². The second-order valence-corrected chi connectivity index (χ2v) is 12.6. The number of anilines is 1. The van der Waals surface area contributed by atoms with E-state index in [4.69, 9.17) is 32.7 Å². The summed E-state index contributed by atoms with van der Waals surface area (Å²) < 4.78 is 37.7. The van der Waals surface area contributed by atoms with E-state index in [0.29, 0.717) is 21.4 Å². The normalized spacial score (nSPS) is 12.0. The molecule has 3 rings (SSSR count). The molecule has 0 heterocycles. The maximum absolute atomic E-state index is 14.2. The van der Waals surface area contributed by atoms with Crippen LogP contribution in [-0.2, 0) is 32.6 Å². The van der Waals surface area contributed by atoms with E-state index in [1.165, 1.54) is 31.3 Å². The van der Waals surface area contributed by atoms with Crippen molar-refractivity contribution in [3.63, 3.8) is 0 Å². The Hall–Kier alpha value is -3.47. The highest BCUT2D eigenvalue weighted by molar-refractivity contribution is 7.92. The number of amides is 2. The van der Waals surface area contributed by atoms with Crippen molar-refractivity contribution < 1.29 is 27.5 Å². The molecule has 0 spiro atoms. The Labute approximate surface area is 257 Å². The highest BCUT2D eigenvalue weighted by Crippen LogP contribution is 2.34. The summed E-state index contributed by atoms with van der Waals surface area (Å²) in [6.07, 6.45) is 1.16. The number of halogens is 2. The van der Waals surface area contributed by atoms with Gasteiger partial charge in [-0.3, -0.25) is 13.9 Å². The second kappa shape index (κ2) is 14.6. The lowest BCUT2D eigenvalue weighted by Gasteiger charge is -2.34. The van der Waals surface area contributed by atoms with Crippen LogP contribution in [0.2, 0.25) is 10.0 Å². The molecular weight excluding hydrogens is 601 g/mol. The molecule has 0 unspecified atom stereocenters. The van der Waals surface area contributed by atoms with Crippen LogP contribution in [0.25, 0.3) is 0 Å². The molecule has 9 nitrogen and oxygen atoms in total. The van der Waals surface area contributed by atoms with Gasteiger partial charge in [-0.05, 0) is 43.7 Å². The van der Waals surface area contributed by atoms with Crippen molar-refractivity contribution in [2.45, 2.75) is 38.9 Å².